The van der Waals surface area contributed by atoms with Gasteiger partial charge in [-0.3, -0.25) is 4.79 Å². The standard InChI is InChI=1S/C10H13NO2.ClH/c1-13-10-4-2-8(3-5-10)6-9(12)7-11;/h2-5H,6-7,11H2,1H3;1H. The highest BCUT2D eigenvalue weighted by Crippen LogP contribution is 2.11. The van der Waals surface area contributed by atoms with Gasteiger partial charge in [0.05, 0.1) is 13.7 Å². The fourth-order valence-electron chi connectivity index (χ4n) is 1.04. The highest BCUT2D eigenvalue weighted by molar-refractivity contribution is 5.85. The second-order valence-corrected chi connectivity index (χ2v) is 2.77. The van der Waals surface area contributed by atoms with Crippen LogP contribution >= 0.6 is 12.4 Å². The van der Waals surface area contributed by atoms with Crippen LogP contribution in [0, 0.1) is 0 Å². The van der Waals surface area contributed by atoms with Crippen molar-refractivity contribution in [2.45, 2.75) is 6.42 Å². The predicted molar refractivity (Wildman–Crippen MR) is 58.0 cm³/mol. The van der Waals surface area contributed by atoms with Crippen molar-refractivity contribution < 1.29 is 9.53 Å². The maximum atomic E-state index is 11.0. The number of nitrogens with two attached hydrogens (primary N) is 1. The van der Waals surface area contributed by atoms with Crippen molar-refractivity contribution in [2.24, 2.45) is 5.73 Å². The quantitative estimate of drug-likeness (QED) is 0.821. The van der Waals surface area contributed by atoms with Gasteiger partial charge in [-0.15, -0.1) is 12.4 Å². The summed E-state index contributed by atoms with van der Waals surface area (Å²) in [7, 11) is 1.61. The fraction of sp³-hybridized carbons (Fsp3) is 0.300. The molecule has 0 radical (unpaired) electrons. The molecule has 0 aliphatic heterocycles. The van der Waals surface area contributed by atoms with E-state index in [1.165, 1.54) is 0 Å². The van der Waals surface area contributed by atoms with Gasteiger partial charge in [0.1, 0.15) is 5.75 Å². The number of carbonyl (C=O) groups excluding carboxylic acids is 1. The van der Waals surface area contributed by atoms with Crippen molar-refractivity contribution in [2.75, 3.05) is 13.7 Å². The van der Waals surface area contributed by atoms with E-state index in [1.807, 2.05) is 24.3 Å². The van der Waals surface area contributed by atoms with Crippen LogP contribution in [-0.2, 0) is 11.2 Å². The van der Waals surface area contributed by atoms with Crippen LogP contribution in [0.2, 0.25) is 0 Å². The van der Waals surface area contributed by atoms with Crippen LogP contribution in [0.25, 0.3) is 0 Å². The van der Waals surface area contributed by atoms with Gasteiger partial charge in [0.25, 0.3) is 0 Å². The normalized spacial score (nSPS) is 9.00. The largest absolute Gasteiger partial charge is 0.497 e. The number of methoxy groups -OCH3 is 1. The lowest BCUT2D eigenvalue weighted by Crippen LogP contribution is -2.15. The third-order valence-electron chi connectivity index (χ3n) is 1.79. The molecule has 2 N–H and O–H groups in total. The molecule has 0 aliphatic rings. The molecule has 3 nitrogen and oxygen atoms in total. The fourth-order valence-corrected chi connectivity index (χ4v) is 1.04. The number of rotatable bonds is 4. The van der Waals surface area contributed by atoms with Gasteiger partial charge in [0.2, 0.25) is 0 Å². The molecule has 0 aliphatic carbocycles. The maximum absolute atomic E-state index is 11.0. The van der Waals surface area contributed by atoms with E-state index in [0.29, 0.717) is 6.42 Å². The molecular weight excluding hydrogens is 202 g/mol. The van der Waals surface area contributed by atoms with Crippen LogP contribution in [0.1, 0.15) is 5.56 Å². The molecule has 1 aromatic rings. The lowest BCUT2D eigenvalue weighted by molar-refractivity contribution is -0.117. The molecule has 0 unspecified atom stereocenters. The number of benzene rings is 1. The Kier molecular flexibility index (Phi) is 5.92. The molecule has 0 amide bonds. The highest BCUT2D eigenvalue weighted by Gasteiger charge is 2.00. The van der Waals surface area contributed by atoms with Gasteiger partial charge in [0, 0.05) is 6.42 Å². The van der Waals surface area contributed by atoms with Crippen LogP contribution in [0.5, 0.6) is 5.75 Å². The van der Waals surface area contributed by atoms with Gasteiger partial charge in [-0.05, 0) is 17.7 Å². The van der Waals surface area contributed by atoms with Crippen molar-refractivity contribution in [1.82, 2.24) is 0 Å². The molecule has 0 aromatic heterocycles. The van der Waals surface area contributed by atoms with E-state index in [0.717, 1.165) is 11.3 Å². The molecule has 1 aromatic carbocycles. The summed E-state index contributed by atoms with van der Waals surface area (Å²) in [6.45, 7) is 0.103. The number of ether oxygens (including phenoxy) is 1. The van der Waals surface area contributed by atoms with Crippen molar-refractivity contribution in [3.05, 3.63) is 29.8 Å². The van der Waals surface area contributed by atoms with Gasteiger partial charge in [-0.1, -0.05) is 12.1 Å². The smallest absolute Gasteiger partial charge is 0.150 e. The molecule has 0 atom stereocenters. The van der Waals surface area contributed by atoms with Crippen molar-refractivity contribution in [1.29, 1.82) is 0 Å². The number of halogens is 1. The average molecular weight is 216 g/mol. The Hall–Kier alpha value is -1.06. The van der Waals surface area contributed by atoms with E-state index in [-0.39, 0.29) is 24.7 Å². The first-order valence-corrected chi connectivity index (χ1v) is 4.11. The first-order valence-electron chi connectivity index (χ1n) is 4.11. The summed E-state index contributed by atoms with van der Waals surface area (Å²) < 4.78 is 4.99. The molecule has 0 bridgehead atoms. The molecule has 14 heavy (non-hydrogen) atoms. The highest BCUT2D eigenvalue weighted by atomic mass is 35.5. The van der Waals surface area contributed by atoms with Crippen molar-refractivity contribution in [3.63, 3.8) is 0 Å². The molecule has 0 spiro atoms. The summed E-state index contributed by atoms with van der Waals surface area (Å²) in [5.74, 6) is 0.842. The lowest BCUT2D eigenvalue weighted by atomic mass is 10.1. The zero-order valence-corrected chi connectivity index (χ0v) is 8.84. The maximum Gasteiger partial charge on any atom is 0.150 e. The minimum Gasteiger partial charge on any atom is -0.497 e. The van der Waals surface area contributed by atoms with Crippen LogP contribution < -0.4 is 10.5 Å². The second-order valence-electron chi connectivity index (χ2n) is 2.77. The summed E-state index contributed by atoms with van der Waals surface area (Å²) in [5, 5.41) is 0. The number of Topliss-reactive ketones (excluding diaryl/α,β-unsaturated/α-hetero) is 1. The first kappa shape index (κ1) is 12.9. The Balaban J connectivity index is 0.00000169. The average Bonchev–Trinajstić information content (AvgIpc) is 2.19. The third-order valence-corrected chi connectivity index (χ3v) is 1.79. The van der Waals surface area contributed by atoms with E-state index in [2.05, 4.69) is 0 Å². The molecule has 0 saturated carbocycles. The van der Waals surface area contributed by atoms with Gasteiger partial charge in [-0.2, -0.15) is 0 Å². The van der Waals surface area contributed by atoms with E-state index in [1.54, 1.807) is 7.11 Å². The number of carbonyl (C=O) groups is 1. The van der Waals surface area contributed by atoms with Gasteiger partial charge in [0.15, 0.2) is 5.78 Å². The summed E-state index contributed by atoms with van der Waals surface area (Å²) in [6.07, 6.45) is 0.403. The van der Waals surface area contributed by atoms with Crippen LogP contribution in [0.15, 0.2) is 24.3 Å². The number of hydrogen-bond acceptors (Lipinski definition) is 3. The molecule has 1 rings (SSSR count). The van der Waals surface area contributed by atoms with Gasteiger partial charge < -0.3 is 10.5 Å². The number of ketones is 1. The van der Waals surface area contributed by atoms with Crippen LogP contribution in [-0.4, -0.2) is 19.4 Å². The Bertz CT molecular complexity index is 285. The zero-order chi connectivity index (χ0) is 9.68. The van der Waals surface area contributed by atoms with Crippen LogP contribution in [0.4, 0.5) is 0 Å². The monoisotopic (exact) mass is 215 g/mol. The molecule has 0 fully saturated rings. The third kappa shape index (κ3) is 3.77. The molecule has 4 heteroatoms. The van der Waals surface area contributed by atoms with E-state index < -0.39 is 0 Å². The second kappa shape index (κ2) is 6.40. The van der Waals surface area contributed by atoms with E-state index in [9.17, 15) is 4.79 Å². The molecular formula is C10H14ClNO2. The van der Waals surface area contributed by atoms with Gasteiger partial charge >= 0.3 is 0 Å². The lowest BCUT2D eigenvalue weighted by Gasteiger charge is -2.01. The van der Waals surface area contributed by atoms with E-state index in [4.69, 9.17) is 10.5 Å². The Labute approximate surface area is 89.7 Å². The SMILES string of the molecule is COc1ccc(CC(=O)CN)cc1.Cl. The Morgan fingerprint density at radius 1 is 1.36 bits per heavy atom. The molecule has 0 saturated heterocycles. The summed E-state index contributed by atoms with van der Waals surface area (Å²) >= 11 is 0. The first-order chi connectivity index (χ1) is 6.26. The minimum atomic E-state index is 0. The molecule has 78 valence electrons. The van der Waals surface area contributed by atoms with Crippen molar-refractivity contribution >= 4 is 18.2 Å². The molecule has 0 heterocycles. The van der Waals surface area contributed by atoms with Gasteiger partial charge in [-0.25, -0.2) is 0 Å². The summed E-state index contributed by atoms with van der Waals surface area (Å²) in [5.41, 5.74) is 6.17. The summed E-state index contributed by atoms with van der Waals surface area (Å²) in [4.78, 5) is 11.0. The predicted octanol–water partition coefficient (Wildman–Crippen LogP) is 1.19. The zero-order valence-electron chi connectivity index (χ0n) is 8.03. The van der Waals surface area contributed by atoms with Crippen LogP contribution in [0.3, 0.4) is 0 Å². The Morgan fingerprint density at radius 3 is 2.36 bits per heavy atom. The summed E-state index contributed by atoms with van der Waals surface area (Å²) in [6, 6.07) is 7.40. The minimum absolute atomic E-state index is 0. The topological polar surface area (TPSA) is 52.3 Å². The van der Waals surface area contributed by atoms with Crippen molar-refractivity contribution in [3.8, 4) is 5.75 Å². The number of hydrogen-bond donors (Lipinski definition) is 1. The van der Waals surface area contributed by atoms with E-state index >= 15 is 0 Å². The Morgan fingerprint density at radius 2 is 1.93 bits per heavy atom.